The topological polar surface area (TPSA) is 111 Å². The molecule has 4 fully saturated rings. The van der Waals surface area contributed by atoms with Gasteiger partial charge in [0.15, 0.2) is 0 Å². The first-order valence-electron chi connectivity index (χ1n) is 17.3. The average molecular weight is 636 g/mol. The van der Waals surface area contributed by atoms with Gasteiger partial charge in [-0.15, -0.1) is 0 Å². The first-order valence-corrected chi connectivity index (χ1v) is 17.3. The number of nitrogens with zero attached hydrogens (tertiary/aromatic N) is 6. The molecule has 10 heteroatoms. The van der Waals surface area contributed by atoms with E-state index in [1.807, 2.05) is 29.2 Å². The maximum Gasteiger partial charge on any atom is 0.319 e. The summed E-state index contributed by atoms with van der Waals surface area (Å²) in [6, 6.07) is 19.6. The Bertz CT molecular complexity index is 1780. The molecule has 4 saturated heterocycles. The van der Waals surface area contributed by atoms with E-state index in [0.717, 1.165) is 103 Å². The van der Waals surface area contributed by atoms with Gasteiger partial charge in [-0.3, -0.25) is 9.69 Å². The van der Waals surface area contributed by atoms with Gasteiger partial charge in [-0.25, -0.2) is 0 Å². The minimum atomic E-state index is 0.212. The molecule has 0 saturated carbocycles. The third-order valence-electron chi connectivity index (χ3n) is 10.9. The number of amides is 1. The third kappa shape index (κ3) is 5.98. The van der Waals surface area contributed by atoms with Gasteiger partial charge in [0.2, 0.25) is 5.91 Å². The first kappa shape index (κ1) is 30.4. The number of phenolic OH excluding ortho intramolecular Hbond substituents is 1. The number of piperidine rings is 1. The molecule has 3 atom stereocenters. The number of anilines is 1. The second kappa shape index (κ2) is 12.6. The van der Waals surface area contributed by atoms with Crippen molar-refractivity contribution in [3.63, 3.8) is 0 Å². The molecule has 1 aromatic heterocycles. The summed E-state index contributed by atoms with van der Waals surface area (Å²) in [5, 5.41) is 13.6. The number of likely N-dealkylation sites (N-methyl/N-ethyl adjacent to an activating group) is 1. The monoisotopic (exact) mass is 635 g/mol. The van der Waals surface area contributed by atoms with Gasteiger partial charge in [0.1, 0.15) is 18.2 Å². The molecule has 3 N–H and O–H groups in total. The summed E-state index contributed by atoms with van der Waals surface area (Å²) in [5.41, 5.74) is 8.86. The van der Waals surface area contributed by atoms with Crippen LogP contribution in [0.4, 0.5) is 5.82 Å². The minimum Gasteiger partial charge on any atom is -0.508 e. The molecule has 0 radical (unpaired) electrons. The number of hydrogen-bond acceptors (Lipinski definition) is 9. The number of piperazine rings is 1. The van der Waals surface area contributed by atoms with Crippen LogP contribution in [0.15, 0.2) is 54.6 Å². The Morgan fingerprint density at radius 3 is 2.49 bits per heavy atom. The summed E-state index contributed by atoms with van der Waals surface area (Å²) in [5.74, 6) is 1.38. The summed E-state index contributed by atoms with van der Waals surface area (Å²) >= 11 is 0. The average Bonchev–Trinajstić information content (AvgIpc) is 3.61. The molecule has 2 bridgehead atoms. The lowest BCUT2D eigenvalue weighted by atomic mass is 9.97. The molecule has 246 valence electrons. The Balaban J connectivity index is 1.11. The summed E-state index contributed by atoms with van der Waals surface area (Å²) in [6.45, 7) is 5.29. The van der Waals surface area contributed by atoms with Crippen LogP contribution in [0, 0.1) is 0 Å². The summed E-state index contributed by atoms with van der Waals surface area (Å²) in [6.07, 6.45) is 6.19. The minimum absolute atomic E-state index is 0.212. The Labute approximate surface area is 276 Å². The number of benzene rings is 3. The Hall–Kier alpha value is -3.99. The zero-order valence-electron chi connectivity index (χ0n) is 27.2. The summed E-state index contributed by atoms with van der Waals surface area (Å²) in [7, 11) is 2.15. The standard InChI is InChI=1S/C37H45N7O3/c1-41-14-4-6-29(41)23-47-37-39-34-18-25(33-19-30(45)17-24-5-2-3-7-31(24)33)8-11-32(34)36(40-37)44-27-9-10-28(44)21-42(20-27)22-35(46)43-15-12-26(38)13-16-43/h2-3,5,7-8,11,17-19,26-29,45H,4,6,9-10,12-16,20-23,38H2,1H3/t27?,28?,29-/m0/s1. The molecule has 0 spiro atoms. The fourth-order valence-corrected chi connectivity index (χ4v) is 8.32. The van der Waals surface area contributed by atoms with Crippen LogP contribution in [0.2, 0.25) is 0 Å². The van der Waals surface area contributed by atoms with Crippen molar-refractivity contribution >= 4 is 33.4 Å². The van der Waals surface area contributed by atoms with Gasteiger partial charge in [0.25, 0.3) is 0 Å². The number of phenols is 1. The molecule has 1 amide bonds. The predicted octanol–water partition coefficient (Wildman–Crippen LogP) is 4.23. The fraction of sp³-hybridized carbons (Fsp3) is 0.486. The normalized spacial score (nSPS) is 24.1. The lowest BCUT2D eigenvalue weighted by Gasteiger charge is -2.42. The van der Waals surface area contributed by atoms with Crippen molar-refractivity contribution in [2.75, 3.05) is 57.8 Å². The number of carbonyl (C=O) groups is 1. The van der Waals surface area contributed by atoms with Crippen molar-refractivity contribution in [3.05, 3.63) is 54.6 Å². The predicted molar refractivity (Wildman–Crippen MR) is 185 cm³/mol. The quantitative estimate of drug-likeness (QED) is 0.308. The number of aromatic hydroxyl groups is 1. The SMILES string of the molecule is CN1CCC[C@H]1COc1nc(N2C3CCC2CN(CC(=O)N2CCC(N)CC2)C3)c2ccc(-c3cc(O)cc4ccccc34)cc2n1. The highest BCUT2D eigenvalue weighted by atomic mass is 16.5. The smallest absolute Gasteiger partial charge is 0.319 e. The highest BCUT2D eigenvalue weighted by molar-refractivity contribution is 6.01. The molecule has 47 heavy (non-hydrogen) atoms. The van der Waals surface area contributed by atoms with Gasteiger partial charge in [0.05, 0.1) is 12.1 Å². The van der Waals surface area contributed by atoms with Crippen LogP contribution >= 0.6 is 0 Å². The van der Waals surface area contributed by atoms with Crippen LogP contribution in [0.25, 0.3) is 32.8 Å². The van der Waals surface area contributed by atoms with E-state index in [2.05, 4.69) is 46.0 Å². The third-order valence-corrected chi connectivity index (χ3v) is 10.9. The summed E-state index contributed by atoms with van der Waals surface area (Å²) in [4.78, 5) is 32.5. The second-order valence-electron chi connectivity index (χ2n) is 14.1. The molecule has 2 unspecified atom stereocenters. The lowest BCUT2D eigenvalue weighted by Crippen LogP contribution is -2.56. The molecule has 5 heterocycles. The van der Waals surface area contributed by atoms with Crippen molar-refractivity contribution in [2.24, 2.45) is 5.73 Å². The molecule has 4 aliphatic rings. The Morgan fingerprint density at radius 2 is 1.72 bits per heavy atom. The van der Waals surface area contributed by atoms with E-state index in [-0.39, 0.29) is 29.8 Å². The zero-order chi connectivity index (χ0) is 32.1. The fourth-order valence-electron chi connectivity index (χ4n) is 8.32. The number of likely N-dealkylation sites (tertiary alicyclic amines) is 3. The highest BCUT2D eigenvalue weighted by Gasteiger charge is 2.42. The highest BCUT2D eigenvalue weighted by Crippen LogP contribution is 2.40. The van der Waals surface area contributed by atoms with Gasteiger partial charge in [0, 0.05) is 55.7 Å². The molecule has 3 aromatic carbocycles. The van der Waals surface area contributed by atoms with E-state index >= 15 is 0 Å². The van der Waals surface area contributed by atoms with Gasteiger partial charge in [-0.2, -0.15) is 9.97 Å². The molecule has 4 aromatic rings. The molecule has 8 rings (SSSR count). The Morgan fingerprint density at radius 1 is 0.936 bits per heavy atom. The van der Waals surface area contributed by atoms with Crippen molar-refractivity contribution < 1.29 is 14.6 Å². The van der Waals surface area contributed by atoms with Crippen molar-refractivity contribution in [2.45, 2.75) is 62.7 Å². The van der Waals surface area contributed by atoms with Gasteiger partial charge >= 0.3 is 6.01 Å². The van der Waals surface area contributed by atoms with Crippen LogP contribution in [-0.4, -0.2) is 113 Å². The molecule has 4 aliphatic heterocycles. The van der Waals surface area contributed by atoms with Crippen LogP contribution in [-0.2, 0) is 4.79 Å². The van der Waals surface area contributed by atoms with E-state index in [0.29, 0.717) is 25.2 Å². The van der Waals surface area contributed by atoms with E-state index in [9.17, 15) is 9.90 Å². The van der Waals surface area contributed by atoms with E-state index < -0.39 is 0 Å². The van der Waals surface area contributed by atoms with E-state index in [1.165, 1.54) is 6.42 Å². The number of fused-ring (bicyclic) bond motifs is 4. The van der Waals surface area contributed by atoms with Crippen molar-refractivity contribution in [1.82, 2.24) is 24.7 Å². The largest absolute Gasteiger partial charge is 0.508 e. The van der Waals surface area contributed by atoms with Crippen LogP contribution in [0.3, 0.4) is 0 Å². The second-order valence-corrected chi connectivity index (χ2v) is 14.1. The van der Waals surface area contributed by atoms with Crippen molar-refractivity contribution in [3.8, 4) is 22.9 Å². The maximum atomic E-state index is 13.2. The van der Waals surface area contributed by atoms with Gasteiger partial charge < -0.3 is 30.3 Å². The molecular weight excluding hydrogens is 590 g/mol. The summed E-state index contributed by atoms with van der Waals surface area (Å²) < 4.78 is 6.37. The molecule has 10 nitrogen and oxygen atoms in total. The number of rotatable bonds is 7. The first-order chi connectivity index (χ1) is 22.9. The van der Waals surface area contributed by atoms with Crippen LogP contribution in [0.1, 0.15) is 38.5 Å². The van der Waals surface area contributed by atoms with E-state index in [1.54, 1.807) is 6.07 Å². The number of carbonyl (C=O) groups excluding carboxylic acids is 1. The Kier molecular flexibility index (Phi) is 8.11. The lowest BCUT2D eigenvalue weighted by molar-refractivity contribution is -0.133. The van der Waals surface area contributed by atoms with Gasteiger partial charge in [-0.05, 0) is 98.3 Å². The number of hydrogen-bond donors (Lipinski definition) is 2. The van der Waals surface area contributed by atoms with Crippen molar-refractivity contribution in [1.29, 1.82) is 0 Å². The number of aromatic nitrogens is 2. The maximum absolute atomic E-state index is 13.2. The zero-order valence-corrected chi connectivity index (χ0v) is 27.2. The number of ether oxygens (including phenoxy) is 1. The molecular formula is C37H45N7O3. The van der Waals surface area contributed by atoms with E-state index in [4.69, 9.17) is 20.4 Å². The van der Waals surface area contributed by atoms with Crippen LogP contribution < -0.4 is 15.4 Å². The molecule has 0 aliphatic carbocycles. The van der Waals surface area contributed by atoms with Crippen LogP contribution in [0.5, 0.6) is 11.8 Å². The van der Waals surface area contributed by atoms with Gasteiger partial charge in [-0.1, -0.05) is 30.3 Å². The number of nitrogens with two attached hydrogens (primary N) is 1.